The Hall–Kier alpha value is -2.41. The minimum atomic E-state index is -0.206. The monoisotopic (exact) mass is 388 g/mol. The maximum absolute atomic E-state index is 12.1. The van der Waals surface area contributed by atoms with Gasteiger partial charge in [-0.15, -0.1) is 0 Å². The number of aromatic amines is 1. The van der Waals surface area contributed by atoms with Crippen LogP contribution in [0.5, 0.6) is 0 Å². The van der Waals surface area contributed by atoms with Gasteiger partial charge in [-0.3, -0.25) is 4.79 Å². The summed E-state index contributed by atoms with van der Waals surface area (Å²) in [5.41, 5.74) is 1.81. The molecule has 0 atom stereocenters. The molecule has 3 rings (SSSR count). The van der Waals surface area contributed by atoms with Crippen molar-refractivity contribution in [3.8, 4) is 11.4 Å². The predicted octanol–water partition coefficient (Wildman–Crippen LogP) is 4.38. The standard InChI is InChI=1S/C17H17BrN4O2/c1-17(2,3)16-21-14(22-24-16)10-4-6-12(7-5-10)20-15(23)13-8-11(18)9-19-13/h4-9,19H,1-3H3,(H,20,23). The first kappa shape index (κ1) is 16.4. The molecule has 6 nitrogen and oxygen atoms in total. The maximum atomic E-state index is 12.1. The lowest BCUT2D eigenvalue weighted by atomic mass is 9.97. The van der Waals surface area contributed by atoms with Gasteiger partial charge in [-0.2, -0.15) is 4.98 Å². The van der Waals surface area contributed by atoms with Crippen molar-refractivity contribution in [1.82, 2.24) is 15.1 Å². The van der Waals surface area contributed by atoms with E-state index in [1.807, 2.05) is 32.9 Å². The fraction of sp³-hybridized carbons (Fsp3) is 0.235. The molecule has 0 bridgehead atoms. The number of halogens is 1. The van der Waals surface area contributed by atoms with E-state index in [1.165, 1.54) is 0 Å². The van der Waals surface area contributed by atoms with E-state index in [4.69, 9.17) is 4.52 Å². The zero-order chi connectivity index (χ0) is 17.3. The van der Waals surface area contributed by atoms with E-state index >= 15 is 0 Å². The SMILES string of the molecule is CC(C)(C)c1nc(-c2ccc(NC(=O)c3cc(Br)c[nH]3)cc2)no1. The molecule has 1 aromatic carbocycles. The van der Waals surface area contributed by atoms with Crippen LogP contribution < -0.4 is 5.32 Å². The summed E-state index contributed by atoms with van der Waals surface area (Å²) in [7, 11) is 0. The van der Waals surface area contributed by atoms with E-state index in [9.17, 15) is 4.79 Å². The summed E-state index contributed by atoms with van der Waals surface area (Å²) in [6.45, 7) is 6.05. The number of benzene rings is 1. The molecule has 0 saturated heterocycles. The van der Waals surface area contributed by atoms with Gasteiger partial charge in [-0.05, 0) is 46.3 Å². The Balaban J connectivity index is 1.73. The molecule has 0 spiro atoms. The van der Waals surface area contributed by atoms with E-state index in [1.54, 1.807) is 24.4 Å². The van der Waals surface area contributed by atoms with Gasteiger partial charge in [0, 0.05) is 27.3 Å². The minimum Gasteiger partial charge on any atom is -0.356 e. The third-order valence-electron chi connectivity index (χ3n) is 3.36. The molecule has 2 N–H and O–H groups in total. The summed E-state index contributed by atoms with van der Waals surface area (Å²) < 4.78 is 6.13. The smallest absolute Gasteiger partial charge is 0.272 e. The number of carbonyl (C=O) groups is 1. The van der Waals surface area contributed by atoms with E-state index < -0.39 is 0 Å². The molecular formula is C17H17BrN4O2. The van der Waals surface area contributed by atoms with Crippen LogP contribution in [-0.2, 0) is 5.41 Å². The molecular weight excluding hydrogens is 372 g/mol. The molecule has 0 radical (unpaired) electrons. The third kappa shape index (κ3) is 3.56. The molecule has 24 heavy (non-hydrogen) atoms. The summed E-state index contributed by atoms with van der Waals surface area (Å²) in [4.78, 5) is 19.4. The Kier molecular flexibility index (Phi) is 4.28. The Morgan fingerprint density at radius 1 is 1.25 bits per heavy atom. The normalized spacial score (nSPS) is 11.5. The van der Waals surface area contributed by atoms with Gasteiger partial charge in [-0.25, -0.2) is 0 Å². The van der Waals surface area contributed by atoms with Gasteiger partial charge in [0.1, 0.15) is 5.69 Å². The van der Waals surface area contributed by atoms with Gasteiger partial charge in [-0.1, -0.05) is 25.9 Å². The molecule has 0 saturated carbocycles. The van der Waals surface area contributed by atoms with E-state index in [-0.39, 0.29) is 11.3 Å². The van der Waals surface area contributed by atoms with E-state index in [0.717, 1.165) is 10.0 Å². The average molecular weight is 389 g/mol. The molecule has 2 aromatic heterocycles. The highest BCUT2D eigenvalue weighted by Gasteiger charge is 2.22. The summed E-state index contributed by atoms with van der Waals surface area (Å²) in [6.07, 6.45) is 1.71. The Labute approximate surface area is 147 Å². The minimum absolute atomic E-state index is 0.191. The molecule has 2 heterocycles. The fourth-order valence-corrected chi connectivity index (χ4v) is 2.39. The Morgan fingerprint density at radius 3 is 2.50 bits per heavy atom. The number of anilines is 1. The first-order chi connectivity index (χ1) is 11.3. The van der Waals surface area contributed by atoms with Crippen LogP contribution in [0.1, 0.15) is 37.2 Å². The number of rotatable bonds is 3. The number of carbonyl (C=O) groups excluding carboxylic acids is 1. The third-order valence-corrected chi connectivity index (χ3v) is 3.82. The lowest BCUT2D eigenvalue weighted by molar-refractivity contribution is 0.102. The fourth-order valence-electron chi connectivity index (χ4n) is 2.05. The summed E-state index contributed by atoms with van der Waals surface area (Å²) in [5.74, 6) is 0.918. The number of hydrogen-bond acceptors (Lipinski definition) is 4. The number of nitrogens with one attached hydrogen (secondary N) is 2. The van der Waals surface area contributed by atoms with Crippen molar-refractivity contribution in [2.45, 2.75) is 26.2 Å². The van der Waals surface area contributed by atoms with Crippen molar-refractivity contribution in [2.75, 3.05) is 5.32 Å². The molecule has 0 aliphatic rings. The van der Waals surface area contributed by atoms with Gasteiger partial charge in [0.2, 0.25) is 11.7 Å². The zero-order valence-electron chi connectivity index (χ0n) is 13.6. The predicted molar refractivity (Wildman–Crippen MR) is 94.9 cm³/mol. The number of nitrogens with zero attached hydrogens (tertiary/aromatic N) is 2. The van der Waals surface area contributed by atoms with Crippen LogP contribution in [0, 0.1) is 0 Å². The summed E-state index contributed by atoms with van der Waals surface area (Å²) >= 11 is 3.30. The molecule has 0 aliphatic carbocycles. The second kappa shape index (κ2) is 6.24. The van der Waals surface area contributed by atoms with Crippen molar-refractivity contribution in [3.63, 3.8) is 0 Å². The van der Waals surface area contributed by atoms with Crippen LogP contribution >= 0.6 is 15.9 Å². The molecule has 3 aromatic rings. The second-order valence-corrected chi connectivity index (χ2v) is 7.35. The van der Waals surface area contributed by atoms with Gasteiger partial charge >= 0.3 is 0 Å². The highest BCUT2D eigenvalue weighted by atomic mass is 79.9. The van der Waals surface area contributed by atoms with Crippen LogP contribution in [0.15, 0.2) is 45.5 Å². The molecule has 1 amide bonds. The molecule has 0 aliphatic heterocycles. The number of hydrogen-bond donors (Lipinski definition) is 2. The molecule has 7 heteroatoms. The Morgan fingerprint density at radius 2 is 1.96 bits per heavy atom. The van der Waals surface area contributed by atoms with Crippen molar-refractivity contribution >= 4 is 27.5 Å². The van der Waals surface area contributed by atoms with E-state index in [0.29, 0.717) is 23.1 Å². The lowest BCUT2D eigenvalue weighted by Gasteiger charge is -2.10. The van der Waals surface area contributed by atoms with E-state index in [2.05, 4.69) is 36.4 Å². The largest absolute Gasteiger partial charge is 0.356 e. The highest BCUT2D eigenvalue weighted by Crippen LogP contribution is 2.24. The highest BCUT2D eigenvalue weighted by molar-refractivity contribution is 9.10. The van der Waals surface area contributed by atoms with Crippen LogP contribution in [0.4, 0.5) is 5.69 Å². The zero-order valence-corrected chi connectivity index (χ0v) is 15.1. The van der Waals surface area contributed by atoms with Crippen molar-refractivity contribution < 1.29 is 9.32 Å². The van der Waals surface area contributed by atoms with Crippen LogP contribution in [0.25, 0.3) is 11.4 Å². The van der Waals surface area contributed by atoms with Gasteiger partial charge in [0.15, 0.2) is 0 Å². The number of H-pyrrole nitrogens is 1. The van der Waals surface area contributed by atoms with Crippen molar-refractivity contribution in [2.24, 2.45) is 0 Å². The average Bonchev–Trinajstić information content (AvgIpc) is 3.16. The quantitative estimate of drug-likeness (QED) is 0.697. The summed E-state index contributed by atoms with van der Waals surface area (Å²) in [6, 6.07) is 9.02. The second-order valence-electron chi connectivity index (χ2n) is 6.44. The first-order valence-corrected chi connectivity index (χ1v) is 8.22. The molecule has 0 fully saturated rings. The number of amides is 1. The molecule has 0 unspecified atom stereocenters. The maximum Gasteiger partial charge on any atom is 0.272 e. The van der Waals surface area contributed by atoms with Crippen LogP contribution in [0.2, 0.25) is 0 Å². The van der Waals surface area contributed by atoms with Crippen LogP contribution in [0.3, 0.4) is 0 Å². The number of aromatic nitrogens is 3. The van der Waals surface area contributed by atoms with Gasteiger partial charge in [0.25, 0.3) is 5.91 Å². The summed E-state index contributed by atoms with van der Waals surface area (Å²) in [5, 5.41) is 6.83. The molecule has 124 valence electrons. The van der Waals surface area contributed by atoms with Crippen molar-refractivity contribution in [3.05, 3.63) is 52.6 Å². The Bertz CT molecular complexity index is 859. The van der Waals surface area contributed by atoms with Crippen LogP contribution in [-0.4, -0.2) is 21.0 Å². The first-order valence-electron chi connectivity index (χ1n) is 7.43. The topological polar surface area (TPSA) is 83.8 Å². The van der Waals surface area contributed by atoms with Gasteiger partial charge < -0.3 is 14.8 Å². The lowest BCUT2D eigenvalue weighted by Crippen LogP contribution is -2.12. The van der Waals surface area contributed by atoms with Crippen molar-refractivity contribution in [1.29, 1.82) is 0 Å². The van der Waals surface area contributed by atoms with Gasteiger partial charge in [0.05, 0.1) is 0 Å².